The van der Waals surface area contributed by atoms with Crippen molar-refractivity contribution in [1.82, 2.24) is 0 Å². The molecule has 0 fully saturated rings. The summed E-state index contributed by atoms with van der Waals surface area (Å²) in [5.41, 5.74) is 0. The molecule has 0 spiro atoms. The molecular formula is C6H10S3. The summed E-state index contributed by atoms with van der Waals surface area (Å²) in [4.78, 5) is 1.45. The molecule has 1 heterocycles. The van der Waals surface area contributed by atoms with E-state index in [4.69, 9.17) is 0 Å². The van der Waals surface area contributed by atoms with Gasteiger partial charge < -0.3 is 0 Å². The highest BCUT2D eigenvalue weighted by Crippen LogP contribution is 2.41. The van der Waals surface area contributed by atoms with Gasteiger partial charge in [0.15, 0.2) is 0 Å². The monoisotopic (exact) mass is 178 g/mol. The number of hydrogen-bond donors (Lipinski definition) is 1. The Bertz CT molecular complexity index is 119. The van der Waals surface area contributed by atoms with Crippen molar-refractivity contribution in [3.05, 3.63) is 10.3 Å². The number of thiol groups is 1. The normalized spacial score (nSPS) is 26.4. The fourth-order valence-corrected chi connectivity index (χ4v) is 3.76. The van der Waals surface area contributed by atoms with Crippen molar-refractivity contribution in [2.75, 3.05) is 5.75 Å². The van der Waals surface area contributed by atoms with E-state index in [9.17, 15) is 0 Å². The van der Waals surface area contributed by atoms with Gasteiger partial charge in [-0.1, -0.05) is 0 Å². The topological polar surface area (TPSA) is 0 Å². The lowest BCUT2D eigenvalue weighted by Crippen LogP contribution is -1.91. The maximum atomic E-state index is 4.18. The van der Waals surface area contributed by atoms with E-state index in [1.165, 1.54) is 11.3 Å². The number of allylic oxidation sites excluding steroid dienone is 1. The molecule has 1 unspecified atom stereocenters. The maximum Gasteiger partial charge on any atom is 0.0595 e. The molecule has 0 saturated heterocycles. The van der Waals surface area contributed by atoms with Gasteiger partial charge in [0, 0.05) is 0 Å². The first-order valence-corrected chi connectivity index (χ1v) is 5.38. The first-order chi connectivity index (χ1) is 4.33. The summed E-state index contributed by atoms with van der Waals surface area (Å²) in [6, 6.07) is 0. The summed E-state index contributed by atoms with van der Waals surface area (Å²) < 4.78 is 0.752. The minimum absolute atomic E-state index is 0.752. The molecule has 3 heteroatoms. The lowest BCUT2D eigenvalue weighted by molar-refractivity contribution is 1.09. The molecule has 0 saturated carbocycles. The summed E-state index contributed by atoms with van der Waals surface area (Å²) >= 11 is 8.07. The van der Waals surface area contributed by atoms with Gasteiger partial charge in [-0.3, -0.25) is 0 Å². The van der Waals surface area contributed by atoms with Crippen molar-refractivity contribution in [3.8, 4) is 0 Å². The third-order valence-corrected chi connectivity index (χ3v) is 4.11. The minimum atomic E-state index is 0.752. The van der Waals surface area contributed by atoms with Crippen LogP contribution in [-0.4, -0.2) is 10.3 Å². The number of thioether (sulfide) groups is 2. The van der Waals surface area contributed by atoms with Gasteiger partial charge in [0.2, 0.25) is 0 Å². The molecule has 0 radical (unpaired) electrons. The highest BCUT2D eigenvalue weighted by Gasteiger charge is 2.13. The van der Waals surface area contributed by atoms with Crippen LogP contribution >= 0.6 is 36.2 Å². The zero-order chi connectivity index (χ0) is 6.69. The first-order valence-electron chi connectivity index (χ1n) is 2.92. The summed E-state index contributed by atoms with van der Waals surface area (Å²) in [5.74, 6) is 1.01. The van der Waals surface area contributed by atoms with Crippen LogP contribution in [0.5, 0.6) is 0 Å². The van der Waals surface area contributed by atoms with Crippen LogP contribution in [-0.2, 0) is 0 Å². The molecular weight excluding hydrogens is 168 g/mol. The molecule has 52 valence electrons. The number of hydrogen-bond acceptors (Lipinski definition) is 3. The molecule has 0 aromatic rings. The van der Waals surface area contributed by atoms with Crippen molar-refractivity contribution in [2.45, 2.75) is 17.9 Å². The minimum Gasteiger partial charge on any atom is -0.179 e. The van der Waals surface area contributed by atoms with E-state index in [2.05, 4.69) is 25.0 Å². The fourth-order valence-electron chi connectivity index (χ4n) is 0.667. The summed E-state index contributed by atoms with van der Waals surface area (Å²) in [7, 11) is 0. The predicted molar refractivity (Wildman–Crippen MR) is 51.2 cm³/mol. The molecule has 1 aliphatic heterocycles. The molecule has 1 rings (SSSR count). The van der Waals surface area contributed by atoms with E-state index in [1.807, 2.05) is 23.5 Å². The van der Waals surface area contributed by atoms with E-state index >= 15 is 0 Å². The van der Waals surface area contributed by atoms with E-state index in [-0.39, 0.29) is 0 Å². The number of rotatable bonds is 2. The molecule has 0 nitrogen and oxygen atoms in total. The molecule has 0 aromatic carbocycles. The van der Waals surface area contributed by atoms with Crippen molar-refractivity contribution >= 4 is 36.2 Å². The third kappa shape index (κ3) is 2.48. The van der Waals surface area contributed by atoms with Crippen LogP contribution in [0.3, 0.4) is 0 Å². The molecule has 0 N–H and O–H groups in total. The average molecular weight is 178 g/mol. The molecule has 0 amide bonds. The first kappa shape index (κ1) is 7.89. The Labute approximate surface area is 70.3 Å². The third-order valence-electron chi connectivity index (χ3n) is 1.07. The molecule has 1 aliphatic rings. The molecule has 1 atom stereocenters. The Kier molecular flexibility index (Phi) is 3.37. The van der Waals surface area contributed by atoms with Crippen molar-refractivity contribution in [2.24, 2.45) is 0 Å². The van der Waals surface area contributed by atoms with Gasteiger partial charge in [-0.2, -0.15) is 12.6 Å². The molecule has 0 bridgehead atoms. The predicted octanol–water partition coefficient (Wildman–Crippen LogP) is 2.97. The van der Waals surface area contributed by atoms with E-state index < -0.39 is 0 Å². The Morgan fingerprint density at radius 1 is 1.78 bits per heavy atom. The van der Waals surface area contributed by atoms with Crippen LogP contribution in [0, 0.1) is 0 Å². The van der Waals surface area contributed by atoms with Gasteiger partial charge in [-0.25, -0.2) is 0 Å². The summed E-state index contributed by atoms with van der Waals surface area (Å²) in [6.07, 6.45) is 1.21. The highest BCUT2D eigenvalue weighted by molar-refractivity contribution is 8.23. The van der Waals surface area contributed by atoms with Gasteiger partial charge in [0.1, 0.15) is 0 Å². The van der Waals surface area contributed by atoms with Gasteiger partial charge in [0.05, 0.1) is 4.58 Å². The van der Waals surface area contributed by atoms with E-state index in [1.54, 1.807) is 0 Å². The van der Waals surface area contributed by atoms with Crippen LogP contribution in [0.4, 0.5) is 0 Å². The second-order valence-electron chi connectivity index (χ2n) is 1.92. The van der Waals surface area contributed by atoms with Gasteiger partial charge in [-0.05, 0) is 29.4 Å². The van der Waals surface area contributed by atoms with Crippen LogP contribution < -0.4 is 0 Å². The molecule has 9 heavy (non-hydrogen) atoms. The summed E-state index contributed by atoms with van der Waals surface area (Å²) in [5, 5.41) is 2.23. The standard InChI is InChI=1S/C6H10S3/c1-5-4-8-6(9-5)2-3-7/h4,6-7H,2-3H2,1H3. The Hall–Kier alpha value is 0.790. The van der Waals surface area contributed by atoms with Crippen LogP contribution in [0.1, 0.15) is 13.3 Å². The van der Waals surface area contributed by atoms with E-state index in [0.717, 1.165) is 10.3 Å². The average Bonchev–Trinajstić information content (AvgIpc) is 2.17. The highest BCUT2D eigenvalue weighted by atomic mass is 32.2. The summed E-state index contributed by atoms with van der Waals surface area (Å²) in [6.45, 7) is 2.16. The van der Waals surface area contributed by atoms with Gasteiger partial charge in [-0.15, -0.1) is 23.5 Å². The maximum absolute atomic E-state index is 4.18. The zero-order valence-electron chi connectivity index (χ0n) is 5.33. The lowest BCUT2D eigenvalue weighted by atomic mass is 10.6. The lowest BCUT2D eigenvalue weighted by Gasteiger charge is -2.03. The van der Waals surface area contributed by atoms with Gasteiger partial charge >= 0.3 is 0 Å². The molecule has 0 aliphatic carbocycles. The smallest absolute Gasteiger partial charge is 0.0595 e. The largest absolute Gasteiger partial charge is 0.179 e. The quantitative estimate of drug-likeness (QED) is 0.646. The van der Waals surface area contributed by atoms with Crippen molar-refractivity contribution in [3.63, 3.8) is 0 Å². The molecule has 0 aromatic heterocycles. The van der Waals surface area contributed by atoms with Crippen LogP contribution in [0.2, 0.25) is 0 Å². The van der Waals surface area contributed by atoms with Crippen molar-refractivity contribution < 1.29 is 0 Å². The van der Waals surface area contributed by atoms with Gasteiger partial charge in [0.25, 0.3) is 0 Å². The second-order valence-corrected chi connectivity index (χ2v) is 5.20. The Morgan fingerprint density at radius 3 is 3.00 bits per heavy atom. The fraction of sp³-hybridized carbons (Fsp3) is 0.667. The van der Waals surface area contributed by atoms with Crippen molar-refractivity contribution in [1.29, 1.82) is 0 Å². The SMILES string of the molecule is CC1=CSC(CCS)S1. The Balaban J connectivity index is 2.21. The van der Waals surface area contributed by atoms with Crippen LogP contribution in [0.25, 0.3) is 0 Å². The second kappa shape index (κ2) is 3.84. The van der Waals surface area contributed by atoms with Crippen LogP contribution in [0.15, 0.2) is 10.3 Å². The zero-order valence-corrected chi connectivity index (χ0v) is 7.86. The van der Waals surface area contributed by atoms with E-state index in [0.29, 0.717) is 0 Å². The Morgan fingerprint density at radius 2 is 2.56 bits per heavy atom.